The van der Waals surface area contributed by atoms with Crippen molar-refractivity contribution in [2.45, 2.75) is 24.6 Å². The van der Waals surface area contributed by atoms with Gasteiger partial charge in [-0.05, 0) is 48.5 Å². The maximum atomic E-state index is 13.8. The number of ether oxygens (including phenoxy) is 4. The molecule has 1 spiro atoms. The first-order chi connectivity index (χ1) is 17.9. The van der Waals surface area contributed by atoms with Crippen LogP contribution in [0.25, 0.3) is 0 Å². The summed E-state index contributed by atoms with van der Waals surface area (Å²) in [4.78, 5) is 43.2. The topological polar surface area (TPSA) is 107 Å². The first kappa shape index (κ1) is 26.4. The number of hydrogen-bond acceptors (Lipinski definition) is 7. The smallest absolute Gasteiger partial charge is 0.256 e. The van der Waals surface area contributed by atoms with Crippen LogP contribution in [0.2, 0.25) is 0 Å². The summed E-state index contributed by atoms with van der Waals surface area (Å²) < 4.78 is 21.6. The van der Waals surface area contributed by atoms with Gasteiger partial charge in [0.05, 0.1) is 27.4 Å². The lowest BCUT2D eigenvalue weighted by Crippen LogP contribution is -2.60. The fraction of sp³-hybridized carbons (Fsp3) is 0.444. The Bertz CT molecular complexity index is 1100. The highest BCUT2D eigenvalue weighted by Crippen LogP contribution is 2.39. The lowest BCUT2D eigenvalue weighted by molar-refractivity contribution is -0.128. The fourth-order valence-electron chi connectivity index (χ4n) is 4.81. The Kier molecular flexibility index (Phi) is 8.30. The third-order valence-electron chi connectivity index (χ3n) is 6.89. The van der Waals surface area contributed by atoms with Crippen molar-refractivity contribution in [2.24, 2.45) is 0 Å². The molecule has 2 saturated heterocycles. The van der Waals surface area contributed by atoms with Crippen LogP contribution >= 0.6 is 0 Å². The van der Waals surface area contributed by atoms with Gasteiger partial charge in [0.2, 0.25) is 5.91 Å². The molecule has 2 aliphatic heterocycles. The molecule has 37 heavy (non-hydrogen) atoms. The van der Waals surface area contributed by atoms with E-state index in [4.69, 9.17) is 18.9 Å². The summed E-state index contributed by atoms with van der Waals surface area (Å²) in [5.74, 6) is 0.603. The van der Waals surface area contributed by atoms with Crippen LogP contribution in [0.4, 0.5) is 0 Å². The largest absolute Gasteiger partial charge is 0.497 e. The summed E-state index contributed by atoms with van der Waals surface area (Å²) in [6.07, 6.45) is 0.775. The average molecular weight is 512 g/mol. The highest BCUT2D eigenvalue weighted by Gasteiger charge is 2.54. The van der Waals surface area contributed by atoms with Crippen molar-refractivity contribution >= 4 is 17.7 Å². The van der Waals surface area contributed by atoms with Gasteiger partial charge in [0.25, 0.3) is 11.8 Å². The molecule has 0 radical (unpaired) electrons. The number of nitrogens with one attached hydrogen (secondary N) is 1. The third kappa shape index (κ3) is 5.55. The first-order valence-corrected chi connectivity index (χ1v) is 12.2. The molecule has 10 heteroatoms. The molecule has 0 aromatic heterocycles. The van der Waals surface area contributed by atoms with Gasteiger partial charge >= 0.3 is 0 Å². The van der Waals surface area contributed by atoms with E-state index < -0.39 is 11.8 Å². The summed E-state index contributed by atoms with van der Waals surface area (Å²) in [6, 6.07) is 12.9. The zero-order chi connectivity index (χ0) is 26.4. The van der Waals surface area contributed by atoms with E-state index in [9.17, 15) is 14.4 Å². The second-order valence-electron chi connectivity index (χ2n) is 8.98. The molecule has 0 aliphatic carbocycles. The minimum absolute atomic E-state index is 0.0765. The number of likely N-dealkylation sites (tertiary alicyclic amines) is 1. The van der Waals surface area contributed by atoms with Crippen LogP contribution in [0.1, 0.15) is 33.6 Å². The molecule has 2 aromatic carbocycles. The SMILES string of the molecule is COCCNC(=O)C1COC2(CCN(C(=O)c3ccc(OC)cc3)CC2)N1C(=O)c1ccc(OC)cc1. The maximum Gasteiger partial charge on any atom is 0.256 e. The van der Waals surface area contributed by atoms with E-state index in [1.165, 1.54) is 0 Å². The first-order valence-electron chi connectivity index (χ1n) is 12.2. The van der Waals surface area contributed by atoms with Crippen molar-refractivity contribution in [2.75, 3.05) is 54.2 Å². The molecule has 10 nitrogen and oxygen atoms in total. The molecule has 2 fully saturated rings. The van der Waals surface area contributed by atoms with Gasteiger partial charge in [-0.2, -0.15) is 0 Å². The number of carbonyl (C=O) groups excluding carboxylic acids is 3. The number of rotatable bonds is 8. The van der Waals surface area contributed by atoms with Crippen LogP contribution < -0.4 is 14.8 Å². The molecule has 198 valence electrons. The molecule has 1 unspecified atom stereocenters. The van der Waals surface area contributed by atoms with Crippen LogP contribution in [0.15, 0.2) is 48.5 Å². The minimum Gasteiger partial charge on any atom is -0.497 e. The van der Waals surface area contributed by atoms with E-state index in [1.807, 2.05) is 0 Å². The Balaban J connectivity index is 1.53. The molecule has 0 saturated carbocycles. The van der Waals surface area contributed by atoms with Crippen LogP contribution in [0, 0.1) is 0 Å². The van der Waals surface area contributed by atoms with E-state index in [1.54, 1.807) is 79.7 Å². The molecule has 1 atom stereocenters. The average Bonchev–Trinajstić information content (AvgIpc) is 3.31. The lowest BCUT2D eigenvalue weighted by atomic mass is 9.96. The second kappa shape index (κ2) is 11.6. The van der Waals surface area contributed by atoms with Crippen LogP contribution in [0.3, 0.4) is 0 Å². The van der Waals surface area contributed by atoms with Gasteiger partial charge in [-0.25, -0.2) is 0 Å². The van der Waals surface area contributed by atoms with Crippen molar-refractivity contribution in [3.8, 4) is 11.5 Å². The molecule has 2 aromatic rings. The Labute approximate surface area is 216 Å². The summed E-state index contributed by atoms with van der Waals surface area (Å²) in [5, 5.41) is 2.83. The van der Waals surface area contributed by atoms with E-state index >= 15 is 0 Å². The lowest BCUT2D eigenvalue weighted by Gasteiger charge is -2.44. The predicted molar refractivity (Wildman–Crippen MR) is 135 cm³/mol. The zero-order valence-corrected chi connectivity index (χ0v) is 21.4. The normalized spacial score (nSPS) is 18.5. The van der Waals surface area contributed by atoms with Gasteiger partial charge in [-0.1, -0.05) is 0 Å². The Morgan fingerprint density at radius 1 is 0.892 bits per heavy atom. The fourth-order valence-corrected chi connectivity index (χ4v) is 4.81. The standard InChI is InChI=1S/C27H33N3O7/c1-34-17-14-28-24(31)23-18-37-27(30(23)26(33)20-6-10-22(36-3)11-7-20)12-15-29(16-13-27)25(32)19-4-8-21(35-2)9-5-19/h4-11,23H,12-18H2,1-3H3,(H,28,31). The second-order valence-corrected chi connectivity index (χ2v) is 8.98. The molecule has 2 aliphatic rings. The maximum absolute atomic E-state index is 13.8. The van der Waals surface area contributed by atoms with E-state index in [2.05, 4.69) is 5.32 Å². The molecule has 2 heterocycles. The Morgan fingerprint density at radius 3 is 1.95 bits per heavy atom. The van der Waals surface area contributed by atoms with Gasteiger partial charge in [-0.15, -0.1) is 0 Å². The summed E-state index contributed by atoms with van der Waals surface area (Å²) in [5.41, 5.74) is -0.000460. The Morgan fingerprint density at radius 2 is 1.43 bits per heavy atom. The molecule has 4 rings (SSSR count). The van der Waals surface area contributed by atoms with Crippen LogP contribution in [-0.2, 0) is 14.3 Å². The summed E-state index contributed by atoms with van der Waals surface area (Å²) >= 11 is 0. The Hall–Kier alpha value is -3.63. The molecule has 0 bridgehead atoms. The number of benzene rings is 2. The van der Waals surface area contributed by atoms with Gasteiger partial charge in [0.15, 0.2) is 0 Å². The minimum atomic E-state index is -0.989. The van der Waals surface area contributed by atoms with Gasteiger partial charge in [0, 0.05) is 50.7 Å². The molecule has 3 amide bonds. The van der Waals surface area contributed by atoms with E-state index in [0.29, 0.717) is 61.7 Å². The molecule has 1 N–H and O–H groups in total. The molecular formula is C27H33N3O7. The highest BCUT2D eigenvalue weighted by atomic mass is 16.5. The number of methoxy groups -OCH3 is 3. The quantitative estimate of drug-likeness (QED) is 0.540. The number of piperidine rings is 1. The van der Waals surface area contributed by atoms with Crippen LogP contribution in [0.5, 0.6) is 11.5 Å². The molecular weight excluding hydrogens is 478 g/mol. The van der Waals surface area contributed by atoms with Gasteiger partial charge in [0.1, 0.15) is 23.3 Å². The summed E-state index contributed by atoms with van der Waals surface area (Å²) in [6.45, 7) is 1.53. The van der Waals surface area contributed by atoms with E-state index in [-0.39, 0.29) is 24.3 Å². The van der Waals surface area contributed by atoms with Gasteiger partial charge < -0.3 is 29.2 Å². The third-order valence-corrected chi connectivity index (χ3v) is 6.89. The number of hydrogen-bond donors (Lipinski definition) is 1. The van der Waals surface area contributed by atoms with Crippen molar-refractivity contribution in [1.82, 2.24) is 15.1 Å². The van der Waals surface area contributed by atoms with Crippen molar-refractivity contribution in [1.29, 1.82) is 0 Å². The highest BCUT2D eigenvalue weighted by molar-refractivity contribution is 5.99. The van der Waals surface area contributed by atoms with Crippen molar-refractivity contribution < 1.29 is 33.3 Å². The summed E-state index contributed by atoms with van der Waals surface area (Å²) in [7, 11) is 4.69. The number of amides is 3. The van der Waals surface area contributed by atoms with Crippen molar-refractivity contribution in [3.63, 3.8) is 0 Å². The predicted octanol–water partition coefficient (Wildman–Crippen LogP) is 1.94. The van der Waals surface area contributed by atoms with Crippen molar-refractivity contribution in [3.05, 3.63) is 59.7 Å². The zero-order valence-electron chi connectivity index (χ0n) is 21.4. The number of nitrogens with zero attached hydrogens (tertiary/aromatic N) is 2. The van der Waals surface area contributed by atoms with E-state index in [0.717, 1.165) is 0 Å². The van der Waals surface area contributed by atoms with Gasteiger partial charge in [-0.3, -0.25) is 19.3 Å². The van der Waals surface area contributed by atoms with Crippen LogP contribution in [-0.4, -0.2) is 93.5 Å². The monoisotopic (exact) mass is 511 g/mol. The number of carbonyl (C=O) groups is 3.